The van der Waals surface area contributed by atoms with Gasteiger partial charge in [0, 0.05) is 37.3 Å². The van der Waals surface area contributed by atoms with Crippen LogP contribution in [0.15, 0.2) is 143 Å². The van der Waals surface area contributed by atoms with Crippen LogP contribution in [0.1, 0.15) is 29.9 Å². The zero-order valence-electron chi connectivity index (χ0n) is 32.9. The van der Waals surface area contributed by atoms with Gasteiger partial charge in [0.25, 0.3) is 11.8 Å². The number of halogens is 3. The number of amides is 4. The molecule has 2 aliphatic heterocycles. The zero-order chi connectivity index (χ0) is 42.8. The second-order valence-electron chi connectivity index (χ2n) is 15.9. The number of fused-ring (bicyclic) bond motifs is 4. The summed E-state index contributed by atoms with van der Waals surface area (Å²) in [5, 5.41) is 20.4. The van der Waals surface area contributed by atoms with Gasteiger partial charge in [-0.2, -0.15) is 10.2 Å². The third-order valence-corrected chi connectivity index (χ3v) is 13.6. The Morgan fingerprint density at radius 1 is 0.770 bits per heavy atom. The molecule has 1 saturated carbocycles. The first-order valence-corrected chi connectivity index (χ1v) is 20.4. The van der Waals surface area contributed by atoms with E-state index in [-0.39, 0.29) is 36.4 Å². The van der Waals surface area contributed by atoms with Gasteiger partial charge in [0.15, 0.2) is 9.75 Å². The summed E-state index contributed by atoms with van der Waals surface area (Å²) in [7, 11) is 3.89. The van der Waals surface area contributed by atoms with Crippen LogP contribution in [-0.4, -0.2) is 52.6 Å². The van der Waals surface area contributed by atoms with Crippen LogP contribution < -0.4 is 19.4 Å². The van der Waals surface area contributed by atoms with Crippen molar-refractivity contribution in [1.82, 2.24) is 0 Å². The summed E-state index contributed by atoms with van der Waals surface area (Å²) < 4.78 is 20.0. The number of alkyl halides is 2. The van der Waals surface area contributed by atoms with Crippen molar-refractivity contribution in [2.75, 3.05) is 28.8 Å². The lowest BCUT2D eigenvalue weighted by Crippen LogP contribution is -2.60. The smallest absolute Gasteiger partial charge is 0.258 e. The summed E-state index contributed by atoms with van der Waals surface area (Å²) in [5.41, 5.74) is 4.14. The van der Waals surface area contributed by atoms with Gasteiger partial charge in [0.2, 0.25) is 11.8 Å². The van der Waals surface area contributed by atoms with E-state index < -0.39 is 62.9 Å². The van der Waals surface area contributed by atoms with E-state index in [9.17, 15) is 28.7 Å². The average molecular weight is 859 g/mol. The van der Waals surface area contributed by atoms with Crippen LogP contribution in [0, 0.1) is 23.6 Å². The molecule has 0 unspecified atom stereocenters. The van der Waals surface area contributed by atoms with Gasteiger partial charge >= 0.3 is 0 Å². The molecular weight excluding hydrogens is 820 g/mol. The fraction of sp³-hybridized carbons (Fsp3) is 0.234. The van der Waals surface area contributed by atoms with Crippen molar-refractivity contribution in [1.29, 1.82) is 0 Å². The highest BCUT2D eigenvalue weighted by atomic mass is 35.5. The van der Waals surface area contributed by atoms with Crippen LogP contribution in [0.4, 0.5) is 32.8 Å². The number of carbonyl (C=O) groups is 4. The van der Waals surface area contributed by atoms with Gasteiger partial charge in [-0.25, -0.2) is 9.29 Å². The largest absolute Gasteiger partial charge is 0.508 e. The Hall–Kier alpha value is -6.37. The highest BCUT2D eigenvalue weighted by Gasteiger charge is 2.77. The molecule has 14 heteroatoms. The number of hydrogen-bond acceptors (Lipinski definition) is 9. The lowest BCUT2D eigenvalue weighted by molar-refractivity contribution is -0.125. The lowest BCUT2D eigenvalue weighted by atomic mass is 9.56. The summed E-state index contributed by atoms with van der Waals surface area (Å²) in [4.78, 5) is 57.8. The average Bonchev–Trinajstić information content (AvgIpc) is 3.60. The third-order valence-electron chi connectivity index (χ3n) is 12.2. The molecule has 11 nitrogen and oxygen atoms in total. The molecule has 9 rings (SSSR count). The molecule has 3 fully saturated rings. The predicted octanol–water partition coefficient (Wildman–Crippen LogP) is 9.36. The van der Waals surface area contributed by atoms with Crippen molar-refractivity contribution in [3.8, 4) is 11.5 Å². The van der Waals surface area contributed by atoms with Gasteiger partial charge in [-0.05, 0) is 103 Å². The minimum absolute atomic E-state index is 0.0526. The number of aromatic hydroxyl groups is 1. The van der Waals surface area contributed by atoms with Crippen LogP contribution in [0.25, 0.3) is 0 Å². The maximum absolute atomic E-state index is 14.7. The molecule has 0 aromatic heterocycles. The molecule has 308 valence electrons. The fourth-order valence-electron chi connectivity index (χ4n) is 9.20. The molecule has 4 amide bonds. The number of imide groups is 2. The molecule has 5 aromatic rings. The van der Waals surface area contributed by atoms with Crippen molar-refractivity contribution < 1.29 is 33.4 Å². The van der Waals surface area contributed by atoms with Gasteiger partial charge in [0.1, 0.15) is 23.9 Å². The van der Waals surface area contributed by atoms with Gasteiger partial charge in [-0.1, -0.05) is 48.0 Å². The zero-order valence-corrected chi connectivity index (χ0v) is 34.4. The van der Waals surface area contributed by atoms with Crippen molar-refractivity contribution in [2.24, 2.45) is 28.0 Å². The molecule has 0 radical (unpaired) electrons. The molecule has 2 heterocycles. The molecular formula is C47H38Cl2FN5O6. The highest BCUT2D eigenvalue weighted by molar-refractivity contribution is 6.58. The number of ether oxygens (including phenoxy) is 1. The molecule has 0 spiro atoms. The van der Waals surface area contributed by atoms with Crippen molar-refractivity contribution in [3.05, 3.63) is 150 Å². The minimum Gasteiger partial charge on any atom is -0.508 e. The van der Waals surface area contributed by atoms with E-state index in [1.165, 1.54) is 18.2 Å². The van der Waals surface area contributed by atoms with E-state index in [0.717, 1.165) is 33.2 Å². The Kier molecular flexibility index (Phi) is 10.0. The Balaban J connectivity index is 1.06. The van der Waals surface area contributed by atoms with Gasteiger partial charge in [-0.15, -0.1) is 23.2 Å². The first kappa shape index (κ1) is 40.1. The molecule has 6 atom stereocenters. The normalized spacial score (nSPS) is 25.7. The van der Waals surface area contributed by atoms with E-state index in [0.29, 0.717) is 28.4 Å². The van der Waals surface area contributed by atoms with Crippen LogP contribution in [0.2, 0.25) is 0 Å². The SMILES string of the molecule is CN(C)c1ccc(N=Nc2ccc(N3C(=O)[C@H]4[C@H](CC=C5[C@H]4C[C@@]4(Cl)C(=O)N(c6ccc(F)cc6)C(=O)[C@@]4(Cl)[C@H]5c4ccc(OCc5ccccc5)cc4O)C3=O)cc2)cc1. The van der Waals surface area contributed by atoms with Crippen LogP contribution in [0.5, 0.6) is 11.5 Å². The summed E-state index contributed by atoms with van der Waals surface area (Å²) in [6.45, 7) is 0.217. The second kappa shape index (κ2) is 15.3. The molecule has 4 aliphatic rings. The summed E-state index contributed by atoms with van der Waals surface area (Å²) in [5.74, 6) is -7.05. The number of azo groups is 1. The first-order valence-electron chi connectivity index (χ1n) is 19.7. The first-order chi connectivity index (χ1) is 29.3. The van der Waals surface area contributed by atoms with Crippen LogP contribution in [0.3, 0.4) is 0 Å². The number of rotatable bonds is 9. The minimum atomic E-state index is -2.22. The third kappa shape index (κ3) is 6.56. The van der Waals surface area contributed by atoms with E-state index in [1.54, 1.807) is 42.5 Å². The number of hydrogen-bond donors (Lipinski definition) is 1. The second-order valence-corrected chi connectivity index (χ2v) is 17.1. The Bertz CT molecular complexity index is 2640. The number of anilines is 3. The van der Waals surface area contributed by atoms with Gasteiger partial charge in [-0.3, -0.25) is 24.1 Å². The molecule has 5 aromatic carbocycles. The predicted molar refractivity (Wildman–Crippen MR) is 229 cm³/mol. The summed E-state index contributed by atoms with van der Waals surface area (Å²) in [6, 6.07) is 33.0. The Morgan fingerprint density at radius 2 is 1.39 bits per heavy atom. The topological polar surface area (TPSA) is 132 Å². The lowest BCUT2D eigenvalue weighted by Gasteiger charge is -2.50. The van der Waals surface area contributed by atoms with E-state index in [1.807, 2.05) is 73.6 Å². The maximum atomic E-state index is 14.7. The van der Waals surface area contributed by atoms with Crippen molar-refractivity contribution in [2.45, 2.75) is 35.1 Å². The monoisotopic (exact) mass is 857 g/mol. The number of carbonyl (C=O) groups excluding carboxylic acids is 4. The molecule has 1 N–H and O–H groups in total. The van der Waals surface area contributed by atoms with Gasteiger partial charge < -0.3 is 14.7 Å². The highest BCUT2D eigenvalue weighted by Crippen LogP contribution is 2.66. The van der Waals surface area contributed by atoms with Crippen molar-refractivity contribution >= 4 is 75.3 Å². The number of nitrogens with zero attached hydrogens (tertiary/aromatic N) is 5. The van der Waals surface area contributed by atoms with Crippen molar-refractivity contribution in [3.63, 3.8) is 0 Å². The van der Waals surface area contributed by atoms with E-state index in [4.69, 9.17) is 27.9 Å². The Morgan fingerprint density at radius 3 is 2.03 bits per heavy atom. The quantitative estimate of drug-likeness (QED) is 0.0677. The van der Waals surface area contributed by atoms with Gasteiger partial charge in [0.05, 0.1) is 34.6 Å². The van der Waals surface area contributed by atoms with E-state index in [2.05, 4.69) is 10.2 Å². The standard InChI is InChI=1S/C47H38Cl2FN5O6/c1-53(2)31-16-10-29(11-17-31)51-52-30-12-18-32(19-13-30)54-42(57)37-23-22-35-38(40(37)43(54)58)25-46(48)44(59)55(33-14-8-28(50)9-15-33)45(60)47(46,49)41(35)36-21-20-34(24-39(36)56)61-26-27-6-4-3-5-7-27/h3-22,24,37-38,40-41,56H,23,25-26H2,1-2H3/t37-,38+,40-,41+,46+,47-/m0/s1. The summed E-state index contributed by atoms with van der Waals surface area (Å²) in [6.07, 6.45) is 1.64. The van der Waals surface area contributed by atoms with Crippen LogP contribution in [-0.2, 0) is 25.8 Å². The van der Waals surface area contributed by atoms with E-state index >= 15 is 0 Å². The molecule has 2 saturated heterocycles. The molecule has 0 bridgehead atoms. The summed E-state index contributed by atoms with van der Waals surface area (Å²) >= 11 is 15.0. The maximum Gasteiger partial charge on any atom is 0.258 e. The number of phenols is 1. The number of phenolic OH excluding ortho intramolecular Hbond substituents is 1. The molecule has 61 heavy (non-hydrogen) atoms. The number of benzene rings is 5. The fourth-order valence-corrected chi connectivity index (χ4v) is 10.1. The molecule has 2 aliphatic carbocycles. The Labute approximate surface area is 360 Å². The van der Waals surface area contributed by atoms with Crippen LogP contribution >= 0.6 is 23.2 Å². The number of allylic oxidation sites excluding steroid dienone is 2.